The number of morpholine rings is 3. The van der Waals surface area contributed by atoms with E-state index in [1.54, 1.807) is 12.1 Å². The molecule has 23 nitrogen and oxygen atoms in total. The van der Waals surface area contributed by atoms with Gasteiger partial charge in [-0.1, -0.05) is 31.0 Å². The molecule has 9 fully saturated rings. The number of carbonyl (C=O) groups excluding carboxylic acids is 2. The molecule has 111 heavy (non-hydrogen) atoms. The van der Waals surface area contributed by atoms with Crippen molar-refractivity contribution in [2.24, 2.45) is 17.6 Å². The molecule has 616 valence electrons. The van der Waals surface area contributed by atoms with Gasteiger partial charge in [-0.2, -0.15) is 40.4 Å². The molecular formula is C79H117BF5I2N13O10S. The number of likely N-dealkylation sites (tertiary alicyclic amines) is 2. The predicted octanol–water partition coefficient (Wildman–Crippen LogP) is 13.9. The second-order valence-electron chi connectivity index (χ2n) is 31.5. The van der Waals surface area contributed by atoms with Crippen LogP contribution in [0.5, 0.6) is 0 Å². The Balaban J connectivity index is 0.000000185. The molecule has 0 saturated carbocycles. The second-order valence-corrected chi connectivity index (χ2v) is 34.0. The molecule has 0 aliphatic carbocycles. The monoisotopic (exact) mass is 1800 g/mol. The van der Waals surface area contributed by atoms with E-state index in [1.807, 2.05) is 74.2 Å². The number of nitrogens with zero attached hydrogens (tertiary/aromatic N) is 7. The van der Waals surface area contributed by atoms with Gasteiger partial charge in [-0.3, -0.25) is 0 Å². The van der Waals surface area contributed by atoms with Crippen molar-refractivity contribution in [2.45, 2.75) is 167 Å². The minimum absolute atomic E-state index is 0. The maximum absolute atomic E-state index is 12.9. The number of nitrogens with one attached hydrogen (secondary N) is 5. The lowest BCUT2D eigenvalue weighted by atomic mass is 9.76. The van der Waals surface area contributed by atoms with Crippen molar-refractivity contribution in [3.8, 4) is 11.1 Å². The highest BCUT2D eigenvalue weighted by molar-refractivity contribution is 14.1. The van der Waals surface area contributed by atoms with Crippen molar-refractivity contribution >= 4 is 118 Å². The first-order chi connectivity index (χ1) is 52.2. The molecule has 9 aliphatic rings. The fourth-order valence-electron chi connectivity index (χ4n) is 13.7. The normalized spacial score (nSPS) is 21.6. The summed E-state index contributed by atoms with van der Waals surface area (Å²) in [4.78, 5) is 46.2. The van der Waals surface area contributed by atoms with Gasteiger partial charge in [0.15, 0.2) is 0 Å². The molecule has 0 spiro atoms. The smallest absolute Gasteiger partial charge is 0.399 e. The second kappa shape index (κ2) is 42.6. The fraction of sp³-hybridized carbons (Fsp3) is 0.633. The Hall–Kier alpha value is -5.25. The molecule has 14 rings (SSSR count). The Labute approximate surface area is 687 Å². The fourth-order valence-corrected chi connectivity index (χ4v) is 14.8. The number of ether oxygens (including phenoxy) is 6. The van der Waals surface area contributed by atoms with E-state index in [9.17, 15) is 31.5 Å². The Kier molecular flexibility index (Phi) is 35.0. The van der Waals surface area contributed by atoms with Gasteiger partial charge >= 0.3 is 25.4 Å². The van der Waals surface area contributed by atoms with Crippen LogP contribution < -0.4 is 47.6 Å². The van der Waals surface area contributed by atoms with Crippen LogP contribution in [0, 0.1) is 44.7 Å². The van der Waals surface area contributed by atoms with Crippen molar-refractivity contribution in [1.82, 2.24) is 30.1 Å². The molecule has 5 aromatic rings. The summed E-state index contributed by atoms with van der Waals surface area (Å²) in [5, 5.41) is 16.5. The van der Waals surface area contributed by atoms with Crippen LogP contribution in [0.4, 0.5) is 66.2 Å². The van der Waals surface area contributed by atoms with Gasteiger partial charge in [-0.15, -0.1) is 0 Å². The molecule has 9 aliphatic heterocycles. The first kappa shape index (κ1) is 91.3. The number of rotatable bonds is 12. The van der Waals surface area contributed by atoms with Crippen LogP contribution in [-0.4, -0.2) is 223 Å². The summed E-state index contributed by atoms with van der Waals surface area (Å²) in [7, 11) is -0.556. The number of alkyl halides is 3. The maximum Gasteiger partial charge on any atom is 0.495 e. The Morgan fingerprint density at radius 2 is 0.991 bits per heavy atom. The van der Waals surface area contributed by atoms with Crippen LogP contribution in [0.3, 0.4) is 0 Å². The summed E-state index contributed by atoms with van der Waals surface area (Å²) in [5.74, 6) is 2.35. The third-order valence-corrected chi connectivity index (χ3v) is 22.8. The van der Waals surface area contributed by atoms with Crippen molar-refractivity contribution in [3.05, 3.63) is 103 Å². The molecule has 4 amide bonds. The van der Waals surface area contributed by atoms with E-state index in [4.69, 9.17) is 53.4 Å². The van der Waals surface area contributed by atoms with Crippen LogP contribution in [0.1, 0.15) is 131 Å². The van der Waals surface area contributed by atoms with Crippen molar-refractivity contribution < 1.29 is 69.3 Å². The van der Waals surface area contributed by atoms with Crippen molar-refractivity contribution in [3.63, 3.8) is 0 Å². The molecule has 3 aromatic heterocycles. The van der Waals surface area contributed by atoms with Crippen LogP contribution in [0.15, 0.2) is 72.8 Å². The average Bonchev–Trinajstić information content (AvgIpc) is 1.65. The summed E-state index contributed by atoms with van der Waals surface area (Å²) in [6.07, 6.45) is 3.46. The van der Waals surface area contributed by atoms with Gasteiger partial charge in [0.1, 0.15) is 23.3 Å². The quantitative estimate of drug-likeness (QED) is 0.0294. The Morgan fingerprint density at radius 3 is 1.43 bits per heavy atom. The molecular weight excluding hydrogens is 1680 g/mol. The van der Waals surface area contributed by atoms with Crippen molar-refractivity contribution in [2.75, 3.05) is 176 Å². The zero-order valence-electron chi connectivity index (χ0n) is 66.2. The largest absolute Gasteiger partial charge is 0.495 e. The summed E-state index contributed by atoms with van der Waals surface area (Å²) < 4.78 is 108. The summed E-state index contributed by atoms with van der Waals surface area (Å²) >= 11 is 4.17. The molecule has 32 heteroatoms. The first-order valence-electron chi connectivity index (χ1n) is 38.7. The molecule has 0 radical (unpaired) electrons. The summed E-state index contributed by atoms with van der Waals surface area (Å²) in [6, 6.07) is 22.1. The number of hydrogen-bond acceptors (Lipinski definition) is 19. The molecule has 2 aromatic carbocycles. The number of carbonyl (C=O) groups is 2. The van der Waals surface area contributed by atoms with Gasteiger partial charge in [0, 0.05) is 159 Å². The highest BCUT2D eigenvalue weighted by atomic mass is 127. The SMILES string of the molecule is C1COCCN1.CC1(N)CCOCC1.CC1(Nc2cc(I)cc(N3CCOCC3)n2)CCOCC1.CC[C@@H]1CCN(C(=O)Nc2ccc(C)c(-c3cc(NC4(C)CCOCC4)nc(N4CCOCC4)c3)c2)C1.Cc1ccc(NC(=O)N2CC[C@@H](CC(F)(F)F)C2)cc1B1OC(C)(C)C(C)(C)O1.Fc1cc(I)cc(F)n1.S. The molecule has 0 bridgehead atoms. The summed E-state index contributed by atoms with van der Waals surface area (Å²) in [5.41, 5.74) is 11.4. The number of urea groups is 2. The van der Waals surface area contributed by atoms with Gasteiger partial charge < -0.3 is 89.6 Å². The lowest BCUT2D eigenvalue weighted by Gasteiger charge is -2.35. The average molecular weight is 1800 g/mol. The number of amides is 4. The number of aromatic nitrogens is 3. The number of benzene rings is 2. The topological polar surface area (TPSA) is 246 Å². The molecule has 12 heterocycles. The van der Waals surface area contributed by atoms with Gasteiger partial charge in [0.2, 0.25) is 11.9 Å². The maximum atomic E-state index is 12.9. The zero-order valence-corrected chi connectivity index (χ0v) is 71.5. The molecule has 2 atom stereocenters. The van der Waals surface area contributed by atoms with E-state index >= 15 is 0 Å². The van der Waals surface area contributed by atoms with E-state index in [-0.39, 0.29) is 42.7 Å². The summed E-state index contributed by atoms with van der Waals surface area (Å²) in [6.45, 7) is 38.0. The molecule has 7 N–H and O–H groups in total. The van der Waals surface area contributed by atoms with E-state index in [0.29, 0.717) is 41.4 Å². The molecule has 0 unspecified atom stereocenters. The number of nitrogens with two attached hydrogens (primary N) is 1. The number of halogens is 7. The predicted molar refractivity (Wildman–Crippen MR) is 450 cm³/mol. The Morgan fingerprint density at radius 1 is 0.559 bits per heavy atom. The van der Waals surface area contributed by atoms with Crippen LogP contribution >= 0.6 is 58.7 Å². The van der Waals surface area contributed by atoms with E-state index < -0.39 is 54.8 Å². The van der Waals surface area contributed by atoms with Crippen molar-refractivity contribution in [1.29, 1.82) is 0 Å². The van der Waals surface area contributed by atoms with E-state index in [2.05, 4.69) is 135 Å². The van der Waals surface area contributed by atoms with Crippen LogP contribution in [-0.2, 0) is 37.7 Å². The third kappa shape index (κ3) is 29.2. The van der Waals surface area contributed by atoms with Gasteiger partial charge in [0.25, 0.3) is 0 Å². The lowest BCUT2D eigenvalue weighted by Crippen LogP contribution is -2.41. The lowest BCUT2D eigenvalue weighted by molar-refractivity contribution is -0.143. The highest BCUT2D eigenvalue weighted by Crippen LogP contribution is 2.39. The van der Waals surface area contributed by atoms with Crippen LogP contribution in [0.2, 0.25) is 0 Å². The van der Waals surface area contributed by atoms with E-state index in [1.165, 1.54) is 8.47 Å². The minimum Gasteiger partial charge on any atom is -0.399 e. The number of anilines is 6. The van der Waals surface area contributed by atoms with Gasteiger partial charge in [-0.05, 0) is 241 Å². The van der Waals surface area contributed by atoms with E-state index in [0.717, 1.165) is 239 Å². The standard InChI is InChI=1S/C29H41N5O3.C20H28BF3N2O3.C15H22IN3O2.C6H13NO.C5H2F2IN.C4H9NO.H2S/c1-4-22-7-10-34(20-22)28(35)30-24-6-5-21(2)25(19-24)23-17-26(32-29(3)8-13-36-14-9-29)31-27(18-23)33-11-15-37-16-12-33;1-13-6-7-15(10-16(13)21-28-18(2,3)19(4,5)29-21)25-17(27)26-9-8-14(12-26)11-20(22,23)24;1-15(2-6-20-7-3-15)18-13-10-12(16)11-14(17-13)19-4-8-21-9-5-19;1-6(7)2-4-8-5-3-6;6-4-1-3(8)2-5(7)9-4;1-3-6-4-2-5-1;/h5-6,17-19,22H,4,7-16,20H2,1-3H3,(H,30,35)(H,31,32);6-7,10,14H,8-9,11-12H2,1-5H3,(H,25,27);10-11H,2-9H2,1H3,(H,17,18);2-5,7H2,1H3;1-2H;5H,1-4H2;1H2/t22-;14-;;;;;/m10...../s1. The molecule has 9 saturated heterocycles. The van der Waals surface area contributed by atoms with Gasteiger partial charge in [-0.25, -0.2) is 19.6 Å². The zero-order chi connectivity index (χ0) is 79.3. The third-order valence-electron chi connectivity index (χ3n) is 21.6. The number of pyridine rings is 3. The highest BCUT2D eigenvalue weighted by Gasteiger charge is 2.52. The minimum atomic E-state index is -4.20. The Bertz CT molecular complexity index is 3680. The first-order valence-corrected chi connectivity index (χ1v) is 40.9. The number of aryl methyl sites for hydroxylation is 2. The van der Waals surface area contributed by atoms with Crippen LogP contribution in [0.25, 0.3) is 11.1 Å². The van der Waals surface area contributed by atoms with Gasteiger partial charge in [0.05, 0.1) is 50.8 Å². The number of hydrogen-bond donors (Lipinski definition) is 6.